The number of anilines is 2. The number of carbonyl (C=O) groups is 1. The fourth-order valence-corrected chi connectivity index (χ4v) is 3.85. The average Bonchev–Trinajstić information content (AvgIpc) is 2.78. The van der Waals surface area contributed by atoms with Crippen LogP contribution in [0.3, 0.4) is 0 Å². The van der Waals surface area contributed by atoms with Crippen molar-refractivity contribution in [2.24, 2.45) is 0 Å². The number of nitro groups is 1. The Morgan fingerprint density at radius 1 is 1.06 bits per heavy atom. The van der Waals surface area contributed by atoms with Gasteiger partial charge < -0.3 is 10.6 Å². The molecule has 0 spiro atoms. The third-order valence-corrected chi connectivity index (χ3v) is 5.73. The molecule has 14 heteroatoms. The zero-order valence-corrected chi connectivity index (χ0v) is 17.9. The van der Waals surface area contributed by atoms with Crippen LogP contribution in [0.1, 0.15) is 11.1 Å². The molecule has 0 aliphatic carbocycles. The van der Waals surface area contributed by atoms with Gasteiger partial charge >= 0.3 is 12.2 Å². The normalized spacial score (nSPS) is 11.5. The molecular weight excluding hydrogens is 479 g/mol. The van der Waals surface area contributed by atoms with E-state index in [1.807, 2.05) is 0 Å². The second-order valence-corrected chi connectivity index (χ2v) is 8.47. The minimum absolute atomic E-state index is 0.00627. The molecule has 3 aromatic rings. The van der Waals surface area contributed by atoms with Crippen LogP contribution in [0.4, 0.5) is 35.0 Å². The summed E-state index contributed by atoms with van der Waals surface area (Å²) < 4.78 is 66.5. The summed E-state index contributed by atoms with van der Waals surface area (Å²) in [5.41, 5.74) is -1.85. The van der Waals surface area contributed by atoms with Crippen molar-refractivity contribution in [1.29, 1.82) is 0 Å². The Labute approximate surface area is 191 Å². The number of alkyl halides is 3. The molecule has 2 aromatic carbocycles. The number of aromatic nitrogens is 1. The van der Waals surface area contributed by atoms with Crippen molar-refractivity contribution in [2.75, 3.05) is 10.0 Å². The summed E-state index contributed by atoms with van der Waals surface area (Å²) in [4.78, 5) is 24.7. The Kier molecular flexibility index (Phi) is 7.00. The van der Waals surface area contributed by atoms with E-state index < -0.39 is 43.3 Å². The Balaban J connectivity index is 1.68. The molecule has 0 saturated heterocycles. The van der Waals surface area contributed by atoms with E-state index in [0.717, 1.165) is 5.56 Å². The number of rotatable bonds is 7. The number of urea groups is 1. The maximum absolute atomic E-state index is 13.1. The Bertz CT molecular complexity index is 1300. The van der Waals surface area contributed by atoms with Gasteiger partial charge in [-0.2, -0.15) is 13.2 Å². The lowest BCUT2D eigenvalue weighted by molar-refractivity contribution is -0.388. The summed E-state index contributed by atoms with van der Waals surface area (Å²) in [7, 11) is -4.49. The summed E-state index contributed by atoms with van der Waals surface area (Å²) in [6.07, 6.45) is -1.95. The summed E-state index contributed by atoms with van der Waals surface area (Å²) >= 11 is 0. The highest BCUT2D eigenvalue weighted by atomic mass is 32.2. The van der Waals surface area contributed by atoms with Gasteiger partial charge in [-0.1, -0.05) is 6.07 Å². The van der Waals surface area contributed by atoms with Gasteiger partial charge in [0.1, 0.15) is 5.56 Å². The first-order chi connectivity index (χ1) is 16.0. The van der Waals surface area contributed by atoms with E-state index in [4.69, 9.17) is 0 Å². The van der Waals surface area contributed by atoms with Gasteiger partial charge in [-0.3, -0.25) is 19.8 Å². The molecule has 0 saturated carbocycles. The monoisotopic (exact) mass is 495 g/mol. The highest BCUT2D eigenvalue weighted by Gasteiger charge is 2.39. The van der Waals surface area contributed by atoms with Crippen LogP contribution < -0.4 is 15.4 Å². The van der Waals surface area contributed by atoms with Crippen LogP contribution in [0.2, 0.25) is 0 Å². The first-order valence-corrected chi connectivity index (χ1v) is 10.9. The molecule has 1 aromatic heterocycles. The number of hydrogen-bond acceptors (Lipinski definition) is 6. The van der Waals surface area contributed by atoms with Gasteiger partial charge in [0.15, 0.2) is 0 Å². The molecule has 0 unspecified atom stereocenters. The molecule has 0 atom stereocenters. The second-order valence-electron chi connectivity index (χ2n) is 6.79. The van der Waals surface area contributed by atoms with E-state index in [0.29, 0.717) is 17.8 Å². The highest BCUT2D eigenvalue weighted by molar-refractivity contribution is 7.92. The number of nitrogens with one attached hydrogen (secondary N) is 3. The number of halogens is 3. The first-order valence-electron chi connectivity index (χ1n) is 9.38. The average molecular weight is 495 g/mol. The lowest BCUT2D eigenvalue weighted by Crippen LogP contribution is -2.28. The Morgan fingerprint density at radius 3 is 2.32 bits per heavy atom. The summed E-state index contributed by atoms with van der Waals surface area (Å²) in [6.45, 7) is 0.229. The number of carbonyl (C=O) groups excluding carboxylic acids is 1. The van der Waals surface area contributed by atoms with Crippen molar-refractivity contribution in [3.05, 3.63) is 88.2 Å². The van der Waals surface area contributed by atoms with Crippen molar-refractivity contribution in [3.63, 3.8) is 0 Å². The minimum atomic E-state index is -5.13. The van der Waals surface area contributed by atoms with Crippen LogP contribution in [0.15, 0.2) is 71.9 Å². The van der Waals surface area contributed by atoms with E-state index in [1.165, 1.54) is 24.3 Å². The fourth-order valence-electron chi connectivity index (χ4n) is 2.76. The summed E-state index contributed by atoms with van der Waals surface area (Å²) in [5, 5.41) is 16.0. The maximum Gasteiger partial charge on any atom is 0.423 e. The molecule has 0 aliphatic heterocycles. The van der Waals surface area contributed by atoms with E-state index in [-0.39, 0.29) is 18.3 Å². The maximum atomic E-state index is 13.1. The van der Waals surface area contributed by atoms with Gasteiger partial charge in [0, 0.05) is 36.4 Å². The van der Waals surface area contributed by atoms with E-state index in [1.54, 1.807) is 24.5 Å². The van der Waals surface area contributed by atoms with Crippen molar-refractivity contribution in [2.45, 2.75) is 17.6 Å². The molecule has 10 nitrogen and oxygen atoms in total. The number of nitrogens with zero attached hydrogens (tertiary/aromatic N) is 2. The number of nitro benzene ring substituents is 1. The fraction of sp³-hybridized carbons (Fsp3) is 0.100. The topological polar surface area (TPSA) is 143 Å². The molecule has 2 amide bonds. The van der Waals surface area contributed by atoms with Crippen LogP contribution in [-0.4, -0.2) is 24.4 Å². The quantitative estimate of drug-likeness (QED) is 0.332. The van der Waals surface area contributed by atoms with Crippen LogP contribution in [0, 0.1) is 10.1 Å². The van der Waals surface area contributed by atoms with E-state index >= 15 is 0 Å². The minimum Gasteiger partial charge on any atom is -0.334 e. The molecule has 3 N–H and O–H groups in total. The lowest BCUT2D eigenvalue weighted by Gasteiger charge is -2.12. The molecular formula is C20H16F3N5O5S. The third-order valence-electron chi connectivity index (χ3n) is 4.35. The zero-order valence-electron chi connectivity index (χ0n) is 17.0. The van der Waals surface area contributed by atoms with Crippen LogP contribution >= 0.6 is 0 Å². The number of benzene rings is 2. The van der Waals surface area contributed by atoms with Gasteiger partial charge in [-0.25, -0.2) is 13.2 Å². The summed E-state index contributed by atoms with van der Waals surface area (Å²) in [6, 6.07) is 9.66. The van der Waals surface area contributed by atoms with Gasteiger partial charge in [0.05, 0.1) is 9.82 Å². The van der Waals surface area contributed by atoms with Crippen LogP contribution in [0.25, 0.3) is 0 Å². The Hall–Kier alpha value is -4.20. The molecule has 178 valence electrons. The van der Waals surface area contributed by atoms with Gasteiger partial charge in [0.2, 0.25) is 0 Å². The van der Waals surface area contributed by atoms with Crippen molar-refractivity contribution < 1.29 is 31.3 Å². The first kappa shape index (κ1) is 24.4. The Morgan fingerprint density at radius 2 is 1.74 bits per heavy atom. The van der Waals surface area contributed by atoms with E-state index in [9.17, 15) is 36.5 Å². The molecule has 1 heterocycles. The molecule has 34 heavy (non-hydrogen) atoms. The smallest absolute Gasteiger partial charge is 0.334 e. The van der Waals surface area contributed by atoms with E-state index in [2.05, 4.69) is 20.3 Å². The van der Waals surface area contributed by atoms with Gasteiger partial charge in [-0.15, -0.1) is 0 Å². The standard InChI is InChI=1S/C20H16F3N5O5S/c21-20(22,23)17-10-16(7-8-18(17)28(30)31)34(32,33)27-15-5-3-14(4-6-15)26-19(29)25-12-13-2-1-9-24-11-13/h1-11,27H,12H2,(H2,25,26,29). The number of pyridine rings is 1. The van der Waals surface area contributed by atoms with Crippen molar-refractivity contribution in [1.82, 2.24) is 10.3 Å². The molecule has 0 fully saturated rings. The highest BCUT2D eigenvalue weighted by Crippen LogP contribution is 2.37. The van der Waals surface area contributed by atoms with Gasteiger partial charge in [-0.05, 0) is 48.0 Å². The SMILES string of the molecule is O=C(NCc1cccnc1)Nc1ccc(NS(=O)(=O)c2ccc([N+](=O)[O-])c(C(F)(F)F)c2)cc1. The molecule has 3 rings (SSSR count). The predicted octanol–water partition coefficient (Wildman–Crippen LogP) is 4.13. The van der Waals surface area contributed by atoms with Crippen molar-refractivity contribution in [3.8, 4) is 0 Å². The predicted molar refractivity (Wildman–Crippen MR) is 115 cm³/mol. The van der Waals surface area contributed by atoms with Crippen LogP contribution in [-0.2, 0) is 22.7 Å². The zero-order chi connectivity index (χ0) is 24.9. The van der Waals surface area contributed by atoms with Gasteiger partial charge in [0.25, 0.3) is 15.7 Å². The number of amides is 2. The third kappa shape index (κ3) is 6.19. The summed E-state index contributed by atoms with van der Waals surface area (Å²) in [5.74, 6) is 0. The van der Waals surface area contributed by atoms with Crippen molar-refractivity contribution >= 4 is 33.1 Å². The molecule has 0 bridgehead atoms. The number of sulfonamides is 1. The second kappa shape index (κ2) is 9.74. The lowest BCUT2D eigenvalue weighted by atomic mass is 10.2. The molecule has 0 radical (unpaired) electrons. The molecule has 0 aliphatic rings. The number of hydrogen-bond donors (Lipinski definition) is 3. The van der Waals surface area contributed by atoms with Crippen LogP contribution in [0.5, 0.6) is 0 Å². The largest absolute Gasteiger partial charge is 0.423 e.